The minimum Gasteiger partial charge on any atom is -0.386 e. The second-order valence-corrected chi connectivity index (χ2v) is 4.07. The van der Waals surface area contributed by atoms with Gasteiger partial charge in [-0.05, 0) is 18.2 Å². The number of pyridine rings is 1. The molecule has 0 aliphatic heterocycles. The van der Waals surface area contributed by atoms with Gasteiger partial charge in [-0.1, -0.05) is 17.3 Å². The summed E-state index contributed by atoms with van der Waals surface area (Å²) in [6.07, 6.45) is 3.28. The van der Waals surface area contributed by atoms with Gasteiger partial charge in [0.2, 0.25) is 5.82 Å². The second kappa shape index (κ2) is 5.08. The van der Waals surface area contributed by atoms with Gasteiger partial charge in [-0.15, -0.1) is 0 Å². The summed E-state index contributed by atoms with van der Waals surface area (Å²) < 4.78 is 18.9. The van der Waals surface area contributed by atoms with Crippen LogP contribution in [0.4, 0.5) is 10.1 Å². The fraction of sp³-hybridized carbons (Fsp3) is 0.0714. The highest BCUT2D eigenvalue weighted by Gasteiger charge is 2.15. The van der Waals surface area contributed by atoms with Crippen molar-refractivity contribution in [2.24, 2.45) is 0 Å². The molecule has 0 unspecified atom stereocenters. The highest BCUT2D eigenvalue weighted by molar-refractivity contribution is 5.72. The number of nitrogens with zero attached hydrogens (tertiary/aromatic N) is 3. The second-order valence-electron chi connectivity index (χ2n) is 4.07. The molecule has 1 aromatic carbocycles. The van der Waals surface area contributed by atoms with Crippen molar-refractivity contribution in [2.45, 2.75) is 0 Å². The summed E-state index contributed by atoms with van der Waals surface area (Å²) >= 11 is 0. The van der Waals surface area contributed by atoms with Crippen LogP contribution >= 0.6 is 0 Å². The highest BCUT2D eigenvalue weighted by atomic mass is 19.1. The Morgan fingerprint density at radius 2 is 2.00 bits per heavy atom. The maximum absolute atomic E-state index is 13.7. The van der Waals surface area contributed by atoms with Gasteiger partial charge in [0.05, 0.1) is 23.0 Å². The molecule has 0 radical (unpaired) electrons. The first kappa shape index (κ1) is 12.3. The van der Waals surface area contributed by atoms with Gasteiger partial charge in [-0.3, -0.25) is 4.98 Å². The molecule has 0 saturated heterocycles. The van der Waals surface area contributed by atoms with Crippen LogP contribution in [0.25, 0.3) is 22.8 Å². The minimum atomic E-state index is -0.386. The lowest BCUT2D eigenvalue weighted by Gasteiger charge is -2.02. The number of rotatable bonds is 3. The summed E-state index contributed by atoms with van der Waals surface area (Å²) in [6, 6.07) is 8.05. The van der Waals surface area contributed by atoms with Crippen LogP contribution in [0.2, 0.25) is 0 Å². The maximum Gasteiger partial charge on any atom is 0.260 e. The summed E-state index contributed by atoms with van der Waals surface area (Å²) in [7, 11) is 1.77. The van der Waals surface area contributed by atoms with E-state index < -0.39 is 0 Å². The van der Waals surface area contributed by atoms with Gasteiger partial charge in [0.25, 0.3) is 5.89 Å². The number of nitrogens with one attached hydrogen (secondary N) is 1. The predicted octanol–water partition coefficient (Wildman–Crippen LogP) is 2.98. The molecule has 100 valence electrons. The lowest BCUT2D eigenvalue weighted by molar-refractivity contribution is 0.432. The average molecular weight is 270 g/mol. The van der Waals surface area contributed by atoms with Crippen molar-refractivity contribution >= 4 is 5.69 Å². The molecule has 5 nitrogen and oxygen atoms in total. The molecule has 3 rings (SSSR count). The van der Waals surface area contributed by atoms with E-state index in [9.17, 15) is 4.39 Å². The highest BCUT2D eigenvalue weighted by Crippen LogP contribution is 2.28. The van der Waals surface area contributed by atoms with Crippen molar-refractivity contribution in [3.05, 3.63) is 48.5 Å². The van der Waals surface area contributed by atoms with Crippen LogP contribution in [0.1, 0.15) is 0 Å². The van der Waals surface area contributed by atoms with E-state index in [1.54, 1.807) is 43.7 Å². The van der Waals surface area contributed by atoms with Crippen molar-refractivity contribution in [3.63, 3.8) is 0 Å². The lowest BCUT2D eigenvalue weighted by Crippen LogP contribution is -1.93. The molecule has 2 heterocycles. The van der Waals surface area contributed by atoms with E-state index in [0.717, 1.165) is 11.3 Å². The van der Waals surface area contributed by atoms with E-state index in [-0.39, 0.29) is 11.6 Å². The van der Waals surface area contributed by atoms with Gasteiger partial charge in [-0.2, -0.15) is 4.98 Å². The summed E-state index contributed by atoms with van der Waals surface area (Å²) in [5, 5.41) is 6.81. The molecule has 0 atom stereocenters. The molecule has 0 aliphatic carbocycles. The van der Waals surface area contributed by atoms with Crippen LogP contribution in [0.3, 0.4) is 0 Å². The Morgan fingerprint density at radius 1 is 1.15 bits per heavy atom. The molecule has 0 saturated carbocycles. The molecule has 3 aromatic rings. The Morgan fingerprint density at radius 3 is 2.80 bits per heavy atom. The van der Waals surface area contributed by atoms with Crippen molar-refractivity contribution in [1.29, 1.82) is 0 Å². The number of halogens is 1. The fourth-order valence-electron chi connectivity index (χ4n) is 1.86. The monoisotopic (exact) mass is 270 g/mol. The molecule has 20 heavy (non-hydrogen) atoms. The van der Waals surface area contributed by atoms with Gasteiger partial charge in [0.1, 0.15) is 5.82 Å². The number of anilines is 1. The Bertz CT molecular complexity index is 741. The average Bonchev–Trinajstić information content (AvgIpc) is 2.97. The molecule has 6 heteroatoms. The van der Waals surface area contributed by atoms with Crippen LogP contribution in [0.15, 0.2) is 47.2 Å². The first-order valence-electron chi connectivity index (χ1n) is 6.00. The predicted molar refractivity (Wildman–Crippen MR) is 72.5 cm³/mol. The fourth-order valence-corrected chi connectivity index (χ4v) is 1.86. The molecule has 2 aromatic heterocycles. The van der Waals surface area contributed by atoms with E-state index >= 15 is 0 Å². The molecular weight excluding hydrogens is 259 g/mol. The minimum absolute atomic E-state index is 0.219. The van der Waals surface area contributed by atoms with Crippen molar-refractivity contribution < 1.29 is 8.91 Å². The van der Waals surface area contributed by atoms with Crippen molar-refractivity contribution in [3.8, 4) is 22.8 Å². The Kier molecular flexibility index (Phi) is 3.12. The SMILES string of the molecule is CNc1cnccc1-c1nc(-c2ccccc2F)no1. The maximum atomic E-state index is 13.7. The van der Waals surface area contributed by atoms with E-state index in [0.29, 0.717) is 11.5 Å². The van der Waals surface area contributed by atoms with Crippen LogP contribution in [-0.4, -0.2) is 22.2 Å². The summed E-state index contributed by atoms with van der Waals surface area (Å²) in [4.78, 5) is 8.24. The number of aromatic nitrogens is 3. The molecule has 0 spiro atoms. The molecule has 0 bridgehead atoms. The summed E-state index contributed by atoms with van der Waals surface area (Å²) in [5.74, 6) is 0.149. The van der Waals surface area contributed by atoms with Gasteiger partial charge < -0.3 is 9.84 Å². The third-order valence-corrected chi connectivity index (χ3v) is 2.86. The normalized spacial score (nSPS) is 10.5. The Labute approximate surface area is 114 Å². The van der Waals surface area contributed by atoms with E-state index in [1.807, 2.05) is 0 Å². The standard InChI is InChI=1S/C14H11FN4O/c1-16-12-8-17-7-6-10(12)14-18-13(19-20-14)9-4-2-3-5-11(9)15/h2-8,16H,1H3. The molecule has 0 fully saturated rings. The van der Waals surface area contributed by atoms with E-state index in [4.69, 9.17) is 4.52 Å². The quantitative estimate of drug-likeness (QED) is 0.792. The number of hydrogen-bond donors (Lipinski definition) is 1. The number of benzene rings is 1. The Hall–Kier alpha value is -2.76. The molecule has 1 N–H and O–H groups in total. The Balaban J connectivity index is 2.05. The van der Waals surface area contributed by atoms with Crippen molar-refractivity contribution in [2.75, 3.05) is 12.4 Å². The van der Waals surface area contributed by atoms with Crippen LogP contribution in [-0.2, 0) is 0 Å². The topological polar surface area (TPSA) is 63.8 Å². The van der Waals surface area contributed by atoms with Gasteiger partial charge >= 0.3 is 0 Å². The first-order chi connectivity index (χ1) is 9.79. The largest absolute Gasteiger partial charge is 0.386 e. The smallest absolute Gasteiger partial charge is 0.260 e. The van der Waals surface area contributed by atoms with Crippen LogP contribution in [0.5, 0.6) is 0 Å². The summed E-state index contributed by atoms with van der Waals surface area (Å²) in [6.45, 7) is 0. The van der Waals surface area contributed by atoms with Gasteiger partial charge in [0, 0.05) is 13.2 Å². The lowest BCUT2D eigenvalue weighted by atomic mass is 10.2. The zero-order valence-corrected chi connectivity index (χ0v) is 10.7. The summed E-state index contributed by atoms with van der Waals surface area (Å²) in [5.41, 5.74) is 1.79. The van der Waals surface area contributed by atoms with Crippen LogP contribution < -0.4 is 5.32 Å². The van der Waals surface area contributed by atoms with E-state index in [2.05, 4.69) is 20.4 Å². The zero-order valence-electron chi connectivity index (χ0n) is 10.7. The van der Waals surface area contributed by atoms with E-state index in [1.165, 1.54) is 6.07 Å². The molecule has 0 aliphatic rings. The van der Waals surface area contributed by atoms with Crippen LogP contribution in [0, 0.1) is 5.82 Å². The molecule has 0 amide bonds. The first-order valence-corrected chi connectivity index (χ1v) is 6.00. The van der Waals surface area contributed by atoms with Gasteiger partial charge in [-0.25, -0.2) is 4.39 Å². The number of hydrogen-bond acceptors (Lipinski definition) is 5. The zero-order chi connectivity index (χ0) is 13.9. The third kappa shape index (κ3) is 2.11. The third-order valence-electron chi connectivity index (χ3n) is 2.86. The van der Waals surface area contributed by atoms with Crippen molar-refractivity contribution in [1.82, 2.24) is 15.1 Å². The molecular formula is C14H11FN4O. The van der Waals surface area contributed by atoms with Gasteiger partial charge in [0.15, 0.2) is 0 Å².